The molecule has 3 atom stereocenters. The van der Waals surface area contributed by atoms with Gasteiger partial charge in [-0.2, -0.15) is 0 Å². The minimum atomic E-state index is 0.208. The third-order valence-corrected chi connectivity index (χ3v) is 7.67. The molecule has 0 N–H and O–H groups in total. The first-order valence-corrected chi connectivity index (χ1v) is 15.3. The van der Waals surface area contributed by atoms with E-state index in [-0.39, 0.29) is 12.0 Å². The molecule has 0 amide bonds. The van der Waals surface area contributed by atoms with Gasteiger partial charge in [-0.3, -0.25) is 4.99 Å². The molecular formula is C41H44N2. The van der Waals surface area contributed by atoms with Gasteiger partial charge in [0.05, 0.1) is 6.04 Å². The molecule has 0 bridgehead atoms. The van der Waals surface area contributed by atoms with Crippen molar-refractivity contribution >= 4 is 17.6 Å². The highest BCUT2D eigenvalue weighted by atomic mass is 15.0. The van der Waals surface area contributed by atoms with Gasteiger partial charge in [0.1, 0.15) is 5.84 Å². The van der Waals surface area contributed by atoms with Crippen LogP contribution in [0.5, 0.6) is 0 Å². The fourth-order valence-electron chi connectivity index (χ4n) is 5.43. The number of aryl methyl sites for hydroxylation is 1. The lowest BCUT2D eigenvalue weighted by Crippen LogP contribution is -2.12. The lowest BCUT2D eigenvalue weighted by molar-refractivity contribution is 0.666. The summed E-state index contributed by atoms with van der Waals surface area (Å²) in [5.41, 5.74) is 7.17. The first-order valence-electron chi connectivity index (χ1n) is 15.3. The summed E-state index contributed by atoms with van der Waals surface area (Å²) in [6, 6.07) is 8.70. The van der Waals surface area contributed by atoms with E-state index >= 15 is 0 Å². The van der Waals surface area contributed by atoms with Crippen LogP contribution in [-0.2, 0) is 0 Å². The summed E-state index contributed by atoms with van der Waals surface area (Å²) in [6.45, 7) is 14.0. The molecule has 1 aromatic rings. The highest BCUT2D eigenvalue weighted by molar-refractivity contribution is 5.99. The number of amidine groups is 1. The zero-order valence-corrected chi connectivity index (χ0v) is 25.5. The predicted molar refractivity (Wildman–Crippen MR) is 189 cm³/mol. The Bertz CT molecular complexity index is 1500. The Morgan fingerprint density at radius 3 is 2.56 bits per heavy atom. The second kappa shape index (κ2) is 16.8. The molecule has 3 aliphatic rings. The first-order chi connectivity index (χ1) is 21.1. The van der Waals surface area contributed by atoms with Crippen molar-refractivity contribution in [2.75, 3.05) is 0 Å². The van der Waals surface area contributed by atoms with E-state index in [0.29, 0.717) is 5.92 Å². The van der Waals surface area contributed by atoms with E-state index in [2.05, 4.69) is 135 Å². The van der Waals surface area contributed by atoms with Gasteiger partial charge in [-0.15, -0.1) is 6.58 Å². The van der Waals surface area contributed by atoms with Gasteiger partial charge in [-0.1, -0.05) is 140 Å². The van der Waals surface area contributed by atoms with Crippen molar-refractivity contribution in [3.05, 3.63) is 175 Å². The molecule has 0 aromatic heterocycles. The molecule has 1 heterocycles. The minimum absolute atomic E-state index is 0.208. The summed E-state index contributed by atoms with van der Waals surface area (Å²) in [6.07, 6.45) is 43.3. The fraction of sp³-hybridized carbons (Fsp3) is 0.220. The number of nitrogens with zero attached hydrogens (tertiary/aromatic N) is 2. The van der Waals surface area contributed by atoms with Crippen molar-refractivity contribution in [3.63, 3.8) is 0 Å². The van der Waals surface area contributed by atoms with Crippen LogP contribution in [0, 0.1) is 18.8 Å². The Hall–Kier alpha value is -4.56. The minimum Gasteiger partial charge on any atom is -0.263 e. The standard InChI is InChI=1S/C41H44N2/c1-5-13-33-16-9-17-34(30-33)20-12-24-40-27-28-42-41(43-40)26-25-37(14-6-2)39-23-11-19-35(31-39)18-10-21-36(7-3)38-22-8-15-32(4)29-38/h5-12,14-15,17-22,25-26,28-31,33,39-40H,1-3,13,16,23-24,27H2,4H3/b18-10+,20-12+,26-25+,36-21+,37-14+. The maximum absolute atomic E-state index is 4.92. The van der Waals surface area contributed by atoms with E-state index in [9.17, 15) is 0 Å². The third kappa shape index (κ3) is 10.0. The maximum atomic E-state index is 4.92. The van der Waals surface area contributed by atoms with E-state index in [0.717, 1.165) is 43.5 Å². The normalized spacial score (nSPS) is 22.6. The topological polar surface area (TPSA) is 24.7 Å². The summed E-state index contributed by atoms with van der Waals surface area (Å²) >= 11 is 0. The smallest absolute Gasteiger partial charge is 0.147 e. The fourth-order valence-corrected chi connectivity index (χ4v) is 5.43. The molecule has 0 spiro atoms. The van der Waals surface area contributed by atoms with Gasteiger partial charge in [0, 0.05) is 18.6 Å². The molecule has 3 unspecified atom stereocenters. The van der Waals surface area contributed by atoms with Crippen molar-refractivity contribution < 1.29 is 0 Å². The zero-order chi connectivity index (χ0) is 30.3. The average molecular weight is 565 g/mol. The van der Waals surface area contributed by atoms with Crippen molar-refractivity contribution in [1.29, 1.82) is 0 Å². The first kappa shape index (κ1) is 31.4. The van der Waals surface area contributed by atoms with Crippen LogP contribution in [-0.4, -0.2) is 18.1 Å². The van der Waals surface area contributed by atoms with Gasteiger partial charge in [-0.25, -0.2) is 4.99 Å². The van der Waals surface area contributed by atoms with E-state index in [4.69, 9.17) is 4.99 Å². The van der Waals surface area contributed by atoms with Gasteiger partial charge < -0.3 is 0 Å². The van der Waals surface area contributed by atoms with Crippen molar-refractivity contribution in [3.8, 4) is 0 Å². The Labute approximate surface area is 259 Å². The molecule has 0 saturated heterocycles. The monoisotopic (exact) mass is 564 g/mol. The molecule has 0 fully saturated rings. The molecule has 0 saturated carbocycles. The Kier molecular flexibility index (Phi) is 12.2. The molecule has 218 valence electrons. The Balaban J connectivity index is 1.40. The van der Waals surface area contributed by atoms with Gasteiger partial charge in [0.15, 0.2) is 0 Å². The van der Waals surface area contributed by atoms with Crippen LogP contribution < -0.4 is 0 Å². The van der Waals surface area contributed by atoms with Crippen molar-refractivity contribution in [1.82, 2.24) is 0 Å². The molecule has 1 aliphatic heterocycles. The second-order valence-corrected chi connectivity index (χ2v) is 11.1. The number of aliphatic imine (C=N–C) groups is 2. The summed E-state index contributed by atoms with van der Waals surface area (Å²) in [5, 5.41) is 0. The quantitative estimate of drug-likeness (QED) is 0.168. The molecular weight excluding hydrogens is 520 g/mol. The molecule has 43 heavy (non-hydrogen) atoms. The molecule has 2 nitrogen and oxygen atoms in total. The third-order valence-electron chi connectivity index (χ3n) is 7.67. The summed E-state index contributed by atoms with van der Waals surface area (Å²) in [4.78, 5) is 9.49. The molecule has 2 heteroatoms. The summed E-state index contributed by atoms with van der Waals surface area (Å²) in [7, 11) is 0. The molecule has 2 aliphatic carbocycles. The molecule has 0 radical (unpaired) electrons. The number of hydrogen-bond acceptors (Lipinski definition) is 2. The Morgan fingerprint density at radius 1 is 0.930 bits per heavy atom. The van der Waals surface area contributed by atoms with Crippen molar-refractivity contribution in [2.45, 2.75) is 45.1 Å². The summed E-state index contributed by atoms with van der Waals surface area (Å²) < 4.78 is 0. The Morgan fingerprint density at radius 2 is 1.77 bits per heavy atom. The van der Waals surface area contributed by atoms with E-state index in [1.807, 2.05) is 30.5 Å². The number of rotatable bonds is 13. The number of benzene rings is 1. The highest BCUT2D eigenvalue weighted by Gasteiger charge is 2.13. The number of hydrogen-bond donors (Lipinski definition) is 0. The van der Waals surface area contributed by atoms with Gasteiger partial charge in [-0.05, 0) is 72.5 Å². The van der Waals surface area contributed by atoms with Crippen LogP contribution in [0.4, 0.5) is 0 Å². The SMILES string of the molecule is C=C/C=C(\C=C\C1=NC(C/C=C/C2=CC(CC=C)CC=C2)CC=N1)C1C=C(/C=C/C=C(\C=C)c2cccc(C)c2)C=CC1. The molecule has 1 aromatic carbocycles. The molecule has 4 rings (SSSR count). The van der Waals surface area contributed by atoms with Crippen LogP contribution in [0.1, 0.15) is 43.2 Å². The van der Waals surface area contributed by atoms with E-state index in [1.54, 1.807) is 0 Å². The maximum Gasteiger partial charge on any atom is 0.147 e. The van der Waals surface area contributed by atoms with E-state index in [1.165, 1.54) is 27.8 Å². The van der Waals surface area contributed by atoms with Crippen LogP contribution >= 0.6 is 0 Å². The predicted octanol–water partition coefficient (Wildman–Crippen LogP) is 10.6. The zero-order valence-electron chi connectivity index (χ0n) is 25.5. The van der Waals surface area contributed by atoms with Gasteiger partial charge in [0.2, 0.25) is 0 Å². The van der Waals surface area contributed by atoms with Gasteiger partial charge >= 0.3 is 0 Å². The summed E-state index contributed by atoms with van der Waals surface area (Å²) in [5.74, 6) is 1.59. The van der Waals surface area contributed by atoms with Crippen molar-refractivity contribution in [2.24, 2.45) is 21.8 Å². The largest absolute Gasteiger partial charge is 0.263 e. The number of allylic oxidation sites excluding steroid dienone is 19. The average Bonchev–Trinajstić information content (AvgIpc) is 3.02. The lowest BCUT2D eigenvalue weighted by Gasteiger charge is -2.17. The lowest BCUT2D eigenvalue weighted by atomic mass is 9.88. The highest BCUT2D eigenvalue weighted by Crippen LogP contribution is 2.27. The van der Waals surface area contributed by atoms with E-state index < -0.39 is 0 Å². The van der Waals surface area contributed by atoms with Crippen LogP contribution in [0.25, 0.3) is 5.57 Å². The second-order valence-electron chi connectivity index (χ2n) is 11.1. The van der Waals surface area contributed by atoms with Crippen LogP contribution in [0.3, 0.4) is 0 Å². The van der Waals surface area contributed by atoms with Crippen LogP contribution in [0.2, 0.25) is 0 Å². The van der Waals surface area contributed by atoms with Crippen LogP contribution in [0.15, 0.2) is 174 Å². The van der Waals surface area contributed by atoms with Gasteiger partial charge in [0.25, 0.3) is 0 Å².